The third kappa shape index (κ3) is 3.85. The molecule has 0 spiro atoms. The smallest absolute Gasteiger partial charge is 0.123 e. The van der Waals surface area contributed by atoms with Crippen molar-refractivity contribution in [2.75, 3.05) is 18.9 Å². The third-order valence-electron chi connectivity index (χ3n) is 2.35. The van der Waals surface area contributed by atoms with Gasteiger partial charge < -0.3 is 10.8 Å². The highest BCUT2D eigenvalue weighted by atomic mass is 16.3. The van der Waals surface area contributed by atoms with Crippen LogP contribution in [0.25, 0.3) is 0 Å². The average molecular weight is 209 g/mol. The SMILES string of the molecule is CC(C)N(CCO)Cc1ccnc(N)c1. The van der Waals surface area contributed by atoms with Crippen LogP contribution in [0.3, 0.4) is 0 Å². The van der Waals surface area contributed by atoms with E-state index in [4.69, 9.17) is 10.8 Å². The Balaban J connectivity index is 2.65. The molecule has 0 fully saturated rings. The van der Waals surface area contributed by atoms with Crippen LogP contribution in [-0.4, -0.2) is 34.2 Å². The number of nitrogen functional groups attached to an aromatic ring is 1. The number of aliphatic hydroxyl groups is 1. The van der Waals surface area contributed by atoms with Crippen LogP contribution >= 0.6 is 0 Å². The summed E-state index contributed by atoms with van der Waals surface area (Å²) in [6.45, 7) is 5.88. The predicted octanol–water partition coefficient (Wildman–Crippen LogP) is 0.867. The van der Waals surface area contributed by atoms with E-state index in [0.29, 0.717) is 18.4 Å². The number of anilines is 1. The van der Waals surface area contributed by atoms with Gasteiger partial charge in [0.2, 0.25) is 0 Å². The first-order valence-electron chi connectivity index (χ1n) is 5.18. The molecule has 1 heterocycles. The van der Waals surface area contributed by atoms with E-state index in [2.05, 4.69) is 23.7 Å². The number of aliphatic hydroxyl groups excluding tert-OH is 1. The van der Waals surface area contributed by atoms with Gasteiger partial charge in [0.15, 0.2) is 0 Å². The second-order valence-corrected chi connectivity index (χ2v) is 3.88. The lowest BCUT2D eigenvalue weighted by molar-refractivity contribution is 0.159. The van der Waals surface area contributed by atoms with Crippen molar-refractivity contribution in [3.63, 3.8) is 0 Å². The lowest BCUT2D eigenvalue weighted by atomic mass is 10.2. The molecule has 4 nitrogen and oxygen atoms in total. The van der Waals surface area contributed by atoms with Gasteiger partial charge in [-0.3, -0.25) is 4.90 Å². The zero-order chi connectivity index (χ0) is 11.3. The molecule has 0 aliphatic rings. The summed E-state index contributed by atoms with van der Waals surface area (Å²) in [7, 11) is 0. The summed E-state index contributed by atoms with van der Waals surface area (Å²) >= 11 is 0. The van der Waals surface area contributed by atoms with Crippen molar-refractivity contribution < 1.29 is 5.11 Å². The van der Waals surface area contributed by atoms with Crippen LogP contribution < -0.4 is 5.73 Å². The van der Waals surface area contributed by atoms with E-state index >= 15 is 0 Å². The summed E-state index contributed by atoms with van der Waals surface area (Å²) in [5.41, 5.74) is 6.73. The van der Waals surface area contributed by atoms with E-state index < -0.39 is 0 Å². The summed E-state index contributed by atoms with van der Waals surface area (Å²) in [5.74, 6) is 0.542. The Labute approximate surface area is 90.7 Å². The molecule has 0 bridgehead atoms. The highest BCUT2D eigenvalue weighted by molar-refractivity contribution is 5.31. The van der Waals surface area contributed by atoms with Crippen LogP contribution in [0, 0.1) is 0 Å². The van der Waals surface area contributed by atoms with Crippen LogP contribution in [0.4, 0.5) is 5.82 Å². The van der Waals surface area contributed by atoms with E-state index in [1.807, 2.05) is 12.1 Å². The number of nitrogens with two attached hydrogens (primary N) is 1. The van der Waals surface area contributed by atoms with Gasteiger partial charge in [-0.1, -0.05) is 0 Å². The second-order valence-electron chi connectivity index (χ2n) is 3.88. The van der Waals surface area contributed by atoms with Crippen molar-refractivity contribution in [1.29, 1.82) is 0 Å². The van der Waals surface area contributed by atoms with Gasteiger partial charge in [-0.05, 0) is 31.5 Å². The molecule has 0 atom stereocenters. The number of nitrogens with zero attached hydrogens (tertiary/aromatic N) is 2. The van der Waals surface area contributed by atoms with Crippen LogP contribution in [-0.2, 0) is 6.54 Å². The van der Waals surface area contributed by atoms with Crippen LogP contribution in [0.5, 0.6) is 0 Å². The molecule has 1 aromatic heterocycles. The molecule has 1 aromatic rings. The fourth-order valence-electron chi connectivity index (χ4n) is 1.48. The molecule has 0 aromatic carbocycles. The van der Waals surface area contributed by atoms with Gasteiger partial charge in [-0.15, -0.1) is 0 Å². The monoisotopic (exact) mass is 209 g/mol. The highest BCUT2D eigenvalue weighted by Gasteiger charge is 2.09. The van der Waals surface area contributed by atoms with Gasteiger partial charge >= 0.3 is 0 Å². The fraction of sp³-hybridized carbons (Fsp3) is 0.545. The van der Waals surface area contributed by atoms with Crippen molar-refractivity contribution in [2.24, 2.45) is 0 Å². The Morgan fingerprint density at radius 3 is 2.80 bits per heavy atom. The molecule has 0 radical (unpaired) electrons. The first kappa shape index (κ1) is 11.9. The summed E-state index contributed by atoms with van der Waals surface area (Å²) in [6, 6.07) is 4.22. The Morgan fingerprint density at radius 2 is 2.27 bits per heavy atom. The van der Waals surface area contributed by atoms with Crippen LogP contribution in [0.15, 0.2) is 18.3 Å². The maximum absolute atomic E-state index is 8.94. The summed E-state index contributed by atoms with van der Waals surface area (Å²) < 4.78 is 0. The number of hydrogen-bond donors (Lipinski definition) is 2. The molecule has 3 N–H and O–H groups in total. The van der Waals surface area contributed by atoms with Gasteiger partial charge in [-0.25, -0.2) is 4.98 Å². The van der Waals surface area contributed by atoms with E-state index in [-0.39, 0.29) is 6.61 Å². The molecule has 0 saturated heterocycles. The maximum atomic E-state index is 8.94. The minimum atomic E-state index is 0.179. The number of rotatable bonds is 5. The first-order valence-corrected chi connectivity index (χ1v) is 5.18. The van der Waals surface area contributed by atoms with Crippen LogP contribution in [0.2, 0.25) is 0 Å². The Kier molecular flexibility index (Phi) is 4.52. The quantitative estimate of drug-likeness (QED) is 0.755. The predicted molar refractivity (Wildman–Crippen MR) is 61.3 cm³/mol. The van der Waals surface area contributed by atoms with Gasteiger partial charge in [0.05, 0.1) is 6.61 Å². The normalized spacial score (nSPS) is 11.3. The highest BCUT2D eigenvalue weighted by Crippen LogP contribution is 2.09. The molecule has 4 heteroatoms. The zero-order valence-corrected chi connectivity index (χ0v) is 9.35. The average Bonchev–Trinajstić information content (AvgIpc) is 2.17. The minimum absolute atomic E-state index is 0.179. The lowest BCUT2D eigenvalue weighted by Crippen LogP contribution is -2.32. The second kappa shape index (κ2) is 5.68. The lowest BCUT2D eigenvalue weighted by Gasteiger charge is -2.25. The molecule has 0 amide bonds. The molecule has 1 rings (SSSR count). The van der Waals surface area contributed by atoms with Crippen molar-refractivity contribution in [1.82, 2.24) is 9.88 Å². The standard InChI is InChI=1S/C11H19N3O/c1-9(2)14(5-6-15)8-10-3-4-13-11(12)7-10/h3-4,7,9,15H,5-6,8H2,1-2H3,(H2,12,13). The summed E-state index contributed by atoms with van der Waals surface area (Å²) in [5, 5.41) is 8.94. The van der Waals surface area contributed by atoms with Gasteiger partial charge in [0, 0.05) is 25.3 Å². The van der Waals surface area contributed by atoms with Crippen molar-refractivity contribution in [3.8, 4) is 0 Å². The first-order chi connectivity index (χ1) is 7.13. The largest absolute Gasteiger partial charge is 0.395 e. The van der Waals surface area contributed by atoms with Crippen molar-refractivity contribution in [3.05, 3.63) is 23.9 Å². The van der Waals surface area contributed by atoms with E-state index in [1.54, 1.807) is 6.20 Å². The Morgan fingerprint density at radius 1 is 1.53 bits per heavy atom. The minimum Gasteiger partial charge on any atom is -0.395 e. The van der Waals surface area contributed by atoms with Gasteiger partial charge in [-0.2, -0.15) is 0 Å². The molecular weight excluding hydrogens is 190 g/mol. The van der Waals surface area contributed by atoms with E-state index in [9.17, 15) is 0 Å². The summed E-state index contributed by atoms with van der Waals surface area (Å²) in [4.78, 5) is 6.14. The number of hydrogen-bond acceptors (Lipinski definition) is 4. The fourth-order valence-corrected chi connectivity index (χ4v) is 1.48. The molecule has 0 unspecified atom stereocenters. The van der Waals surface area contributed by atoms with E-state index in [1.165, 1.54) is 0 Å². The third-order valence-corrected chi connectivity index (χ3v) is 2.35. The molecule has 15 heavy (non-hydrogen) atoms. The Bertz CT molecular complexity index is 302. The van der Waals surface area contributed by atoms with Crippen LogP contribution in [0.1, 0.15) is 19.4 Å². The molecule has 0 aliphatic heterocycles. The Hall–Kier alpha value is -1.13. The van der Waals surface area contributed by atoms with Crippen molar-refractivity contribution in [2.45, 2.75) is 26.4 Å². The van der Waals surface area contributed by atoms with E-state index in [0.717, 1.165) is 12.1 Å². The van der Waals surface area contributed by atoms with Crippen molar-refractivity contribution >= 4 is 5.82 Å². The zero-order valence-electron chi connectivity index (χ0n) is 9.35. The molecule has 0 aliphatic carbocycles. The topological polar surface area (TPSA) is 62.4 Å². The maximum Gasteiger partial charge on any atom is 0.123 e. The molecule has 84 valence electrons. The number of pyridine rings is 1. The number of aromatic nitrogens is 1. The summed E-state index contributed by atoms with van der Waals surface area (Å²) in [6.07, 6.45) is 1.71. The molecular formula is C11H19N3O. The van der Waals surface area contributed by atoms with Gasteiger partial charge in [0.25, 0.3) is 0 Å². The van der Waals surface area contributed by atoms with Gasteiger partial charge in [0.1, 0.15) is 5.82 Å². The molecule has 0 saturated carbocycles.